The summed E-state index contributed by atoms with van der Waals surface area (Å²) in [6.45, 7) is 5.75. The van der Waals surface area contributed by atoms with Gasteiger partial charge in [-0.3, -0.25) is 19.9 Å². The number of ketones is 2. The first-order valence-electron chi connectivity index (χ1n) is 8.17. The van der Waals surface area contributed by atoms with E-state index in [9.17, 15) is 9.59 Å². The first-order chi connectivity index (χ1) is 11.7. The number of benzene rings is 1. The Kier molecular flexibility index (Phi) is 6.70. The van der Waals surface area contributed by atoms with Crippen molar-refractivity contribution in [3.05, 3.63) is 65.9 Å². The van der Waals surface area contributed by atoms with Gasteiger partial charge in [-0.1, -0.05) is 55.5 Å². The van der Waals surface area contributed by atoms with Crippen LogP contribution in [0.4, 0.5) is 0 Å². The molecule has 0 heterocycles. The summed E-state index contributed by atoms with van der Waals surface area (Å²) in [5.41, 5.74) is 4.59. The van der Waals surface area contributed by atoms with Gasteiger partial charge in [-0.2, -0.15) is 0 Å². The van der Waals surface area contributed by atoms with Crippen LogP contribution in [-0.4, -0.2) is 18.2 Å². The summed E-state index contributed by atoms with van der Waals surface area (Å²) in [5.74, 6) is -0.304. The number of rotatable bonds is 7. The Hall–Kier alpha value is -2.46. The van der Waals surface area contributed by atoms with Crippen molar-refractivity contribution >= 4 is 17.6 Å². The molecule has 1 saturated carbocycles. The zero-order chi connectivity index (χ0) is 17.4. The fraction of sp³-hybridized carbons (Fsp3) is 0.300. The van der Waals surface area contributed by atoms with Gasteiger partial charge in [0.25, 0.3) is 0 Å². The van der Waals surface area contributed by atoms with Crippen LogP contribution in [0.25, 0.3) is 6.08 Å². The number of hydroxylamine groups is 1. The van der Waals surface area contributed by atoms with Crippen molar-refractivity contribution in [1.29, 1.82) is 0 Å². The molecule has 0 radical (unpaired) electrons. The molecular formula is C20H23NO3. The average molecular weight is 325 g/mol. The van der Waals surface area contributed by atoms with Gasteiger partial charge in [-0.15, -0.1) is 6.58 Å². The fourth-order valence-corrected chi connectivity index (χ4v) is 2.68. The molecule has 1 aliphatic rings. The summed E-state index contributed by atoms with van der Waals surface area (Å²) in [6, 6.07) is 9.85. The first-order valence-corrected chi connectivity index (χ1v) is 8.17. The Bertz CT molecular complexity index is 639. The van der Waals surface area contributed by atoms with Crippen LogP contribution in [0.2, 0.25) is 0 Å². The minimum absolute atomic E-state index is 0.0545. The zero-order valence-corrected chi connectivity index (χ0v) is 14.0. The standard InChI is InChI=1S/C20H23NO3/c1-3-12-24-21-17(4-2)20-18(22)13-16(14-19(20)23)11-10-15-8-6-5-7-9-15/h3,5-11,16,21H,1,4,12-14H2,2H3. The maximum Gasteiger partial charge on any atom is 0.168 e. The largest absolute Gasteiger partial charge is 0.294 e. The lowest BCUT2D eigenvalue weighted by molar-refractivity contribution is -0.125. The Balaban J connectivity index is 2.08. The fourth-order valence-electron chi connectivity index (χ4n) is 2.68. The van der Waals surface area contributed by atoms with Gasteiger partial charge < -0.3 is 0 Å². The summed E-state index contributed by atoms with van der Waals surface area (Å²) in [4.78, 5) is 30.0. The SMILES string of the molecule is C=CCONC(CC)=C1C(=O)CC(C=Cc2ccccc2)CC1=O. The van der Waals surface area contributed by atoms with E-state index in [-0.39, 0.29) is 23.1 Å². The van der Waals surface area contributed by atoms with Gasteiger partial charge in [0.2, 0.25) is 0 Å². The predicted octanol–water partition coefficient (Wildman–Crippen LogP) is 3.62. The lowest BCUT2D eigenvalue weighted by atomic mass is 9.82. The lowest BCUT2D eigenvalue weighted by Gasteiger charge is -2.22. The van der Waals surface area contributed by atoms with E-state index in [2.05, 4.69) is 12.1 Å². The van der Waals surface area contributed by atoms with Crippen LogP contribution in [0.1, 0.15) is 31.7 Å². The Morgan fingerprint density at radius 1 is 1.25 bits per heavy atom. The summed E-state index contributed by atoms with van der Waals surface area (Å²) < 4.78 is 0. The summed E-state index contributed by atoms with van der Waals surface area (Å²) >= 11 is 0. The molecule has 1 fully saturated rings. The number of carbonyl (C=O) groups is 2. The third-order valence-corrected chi connectivity index (χ3v) is 3.87. The van der Waals surface area contributed by atoms with Crippen LogP contribution in [0, 0.1) is 5.92 Å². The third-order valence-electron chi connectivity index (χ3n) is 3.87. The molecule has 1 N–H and O–H groups in total. The van der Waals surface area contributed by atoms with Gasteiger partial charge >= 0.3 is 0 Å². The molecule has 0 aliphatic heterocycles. The van der Waals surface area contributed by atoms with Crippen molar-refractivity contribution in [2.45, 2.75) is 26.2 Å². The van der Waals surface area contributed by atoms with Crippen molar-refractivity contribution in [2.75, 3.05) is 6.61 Å². The van der Waals surface area contributed by atoms with Gasteiger partial charge in [-0.05, 0) is 17.9 Å². The molecule has 0 spiro atoms. The molecule has 24 heavy (non-hydrogen) atoms. The highest BCUT2D eigenvalue weighted by Gasteiger charge is 2.31. The van der Waals surface area contributed by atoms with E-state index in [1.165, 1.54) is 0 Å². The summed E-state index contributed by atoms with van der Waals surface area (Å²) in [7, 11) is 0. The van der Waals surface area contributed by atoms with Crippen LogP contribution in [-0.2, 0) is 14.4 Å². The Labute approximate surface area is 142 Å². The van der Waals surface area contributed by atoms with Crippen LogP contribution in [0.3, 0.4) is 0 Å². The van der Waals surface area contributed by atoms with Crippen molar-refractivity contribution in [3.63, 3.8) is 0 Å². The number of nitrogens with one attached hydrogen (secondary N) is 1. The van der Waals surface area contributed by atoms with Crippen LogP contribution in [0.15, 0.2) is 60.3 Å². The smallest absolute Gasteiger partial charge is 0.168 e. The second kappa shape index (κ2) is 8.99. The molecular weight excluding hydrogens is 302 g/mol. The van der Waals surface area contributed by atoms with Crippen molar-refractivity contribution in [1.82, 2.24) is 5.48 Å². The van der Waals surface area contributed by atoms with Crippen LogP contribution < -0.4 is 5.48 Å². The molecule has 2 rings (SSSR count). The molecule has 0 unspecified atom stereocenters. The predicted molar refractivity (Wildman–Crippen MR) is 94.8 cm³/mol. The molecule has 0 saturated heterocycles. The number of carbonyl (C=O) groups excluding carboxylic acids is 2. The van der Waals surface area contributed by atoms with E-state index in [1.54, 1.807) is 6.08 Å². The molecule has 1 aromatic rings. The van der Waals surface area contributed by atoms with Crippen LogP contribution >= 0.6 is 0 Å². The number of hydrogen-bond donors (Lipinski definition) is 1. The van der Waals surface area contributed by atoms with Crippen molar-refractivity contribution < 1.29 is 14.4 Å². The maximum absolute atomic E-state index is 12.4. The molecule has 4 heteroatoms. The normalized spacial score (nSPS) is 18.0. The quantitative estimate of drug-likeness (QED) is 0.273. The molecule has 0 amide bonds. The highest BCUT2D eigenvalue weighted by atomic mass is 16.6. The van der Waals surface area contributed by atoms with Gasteiger partial charge in [-0.25, -0.2) is 0 Å². The van der Waals surface area contributed by atoms with Gasteiger partial charge in [0.1, 0.15) is 0 Å². The number of hydrogen-bond acceptors (Lipinski definition) is 4. The summed E-state index contributed by atoms with van der Waals surface area (Å²) in [6.07, 6.45) is 6.74. The van der Waals surface area contributed by atoms with E-state index in [0.29, 0.717) is 31.6 Å². The monoisotopic (exact) mass is 325 g/mol. The zero-order valence-electron chi connectivity index (χ0n) is 14.0. The molecule has 0 aromatic heterocycles. The minimum Gasteiger partial charge on any atom is -0.294 e. The van der Waals surface area contributed by atoms with Gasteiger partial charge in [0, 0.05) is 12.8 Å². The minimum atomic E-state index is -0.125. The lowest BCUT2D eigenvalue weighted by Crippen LogP contribution is -2.29. The van der Waals surface area contributed by atoms with Gasteiger partial charge in [0.05, 0.1) is 17.9 Å². The Morgan fingerprint density at radius 3 is 2.50 bits per heavy atom. The van der Waals surface area contributed by atoms with E-state index in [4.69, 9.17) is 4.84 Å². The van der Waals surface area contributed by atoms with E-state index >= 15 is 0 Å². The molecule has 1 aromatic carbocycles. The highest BCUT2D eigenvalue weighted by Crippen LogP contribution is 2.27. The molecule has 126 valence electrons. The average Bonchev–Trinajstić information content (AvgIpc) is 2.59. The maximum atomic E-state index is 12.4. The molecule has 0 bridgehead atoms. The topological polar surface area (TPSA) is 55.4 Å². The van der Waals surface area contributed by atoms with Crippen molar-refractivity contribution in [3.8, 4) is 0 Å². The van der Waals surface area contributed by atoms with Crippen molar-refractivity contribution in [2.24, 2.45) is 5.92 Å². The summed E-state index contributed by atoms with van der Waals surface area (Å²) in [5, 5.41) is 0. The van der Waals surface area contributed by atoms with Gasteiger partial charge in [0.15, 0.2) is 11.6 Å². The first kappa shape index (κ1) is 17.9. The number of allylic oxidation sites excluding steroid dienone is 3. The van der Waals surface area contributed by atoms with E-state index < -0.39 is 0 Å². The van der Waals surface area contributed by atoms with Crippen LogP contribution in [0.5, 0.6) is 0 Å². The second-order valence-electron chi connectivity index (χ2n) is 5.69. The second-order valence-corrected chi connectivity index (χ2v) is 5.69. The Morgan fingerprint density at radius 2 is 1.92 bits per heavy atom. The highest BCUT2D eigenvalue weighted by molar-refractivity contribution is 6.22. The molecule has 1 aliphatic carbocycles. The molecule has 0 atom stereocenters. The molecule has 4 nitrogen and oxygen atoms in total. The van der Waals surface area contributed by atoms with E-state index in [1.807, 2.05) is 49.4 Å². The third kappa shape index (κ3) is 4.77. The number of Topliss-reactive ketones (excluding diaryl/α,β-unsaturated/α-hetero) is 2. The van der Waals surface area contributed by atoms with E-state index in [0.717, 1.165) is 5.56 Å².